The van der Waals surface area contributed by atoms with E-state index in [-0.39, 0.29) is 24.7 Å². The van der Waals surface area contributed by atoms with E-state index in [2.05, 4.69) is 5.32 Å². The van der Waals surface area contributed by atoms with Crippen LogP contribution in [0.3, 0.4) is 0 Å². The van der Waals surface area contributed by atoms with Crippen LogP contribution < -0.4 is 19.5 Å². The van der Waals surface area contributed by atoms with Gasteiger partial charge in [0.05, 0.1) is 32.7 Å². The Bertz CT molecular complexity index is 1300. The van der Waals surface area contributed by atoms with Crippen molar-refractivity contribution in [1.82, 2.24) is 15.1 Å². The standard InChI is InChI=1S/C28H28FN3O4/c1-34-24-15-19(16-25(35-2)28(24)36-3)9-14-26(33)30-17-21-18-32(23-7-5-4-6-8-23)31-27(21)20-10-12-22(29)13-11-20/h4-8,10-13,15-16,18H,9,14,17H2,1-3H3,(H,30,33). The zero-order chi connectivity index (χ0) is 25.5. The van der Waals surface area contributed by atoms with Crippen LogP contribution in [0.15, 0.2) is 72.9 Å². The summed E-state index contributed by atoms with van der Waals surface area (Å²) in [6, 6.07) is 19.5. The third-order valence-electron chi connectivity index (χ3n) is 5.77. The van der Waals surface area contributed by atoms with Gasteiger partial charge in [-0.05, 0) is 60.5 Å². The molecule has 8 heteroatoms. The average molecular weight is 490 g/mol. The summed E-state index contributed by atoms with van der Waals surface area (Å²) in [7, 11) is 4.66. The fourth-order valence-electron chi connectivity index (χ4n) is 3.92. The van der Waals surface area contributed by atoms with Crippen molar-refractivity contribution in [3.05, 3.63) is 89.9 Å². The van der Waals surface area contributed by atoms with E-state index in [1.54, 1.807) is 38.1 Å². The van der Waals surface area contributed by atoms with Gasteiger partial charge in [0.15, 0.2) is 11.5 Å². The highest BCUT2D eigenvalue weighted by atomic mass is 19.1. The second kappa shape index (κ2) is 11.4. The predicted molar refractivity (Wildman–Crippen MR) is 135 cm³/mol. The fourth-order valence-corrected chi connectivity index (χ4v) is 3.92. The van der Waals surface area contributed by atoms with Gasteiger partial charge in [0.25, 0.3) is 0 Å². The summed E-state index contributed by atoms with van der Waals surface area (Å²) in [5.74, 6) is 1.18. The molecule has 186 valence electrons. The van der Waals surface area contributed by atoms with Crippen molar-refractivity contribution < 1.29 is 23.4 Å². The summed E-state index contributed by atoms with van der Waals surface area (Å²) in [4.78, 5) is 12.7. The molecule has 4 aromatic rings. The monoisotopic (exact) mass is 489 g/mol. The van der Waals surface area contributed by atoms with E-state index in [1.807, 2.05) is 48.7 Å². The molecule has 0 aliphatic carbocycles. The van der Waals surface area contributed by atoms with Gasteiger partial charge < -0.3 is 19.5 Å². The molecular formula is C28H28FN3O4. The van der Waals surface area contributed by atoms with Crippen LogP contribution in [-0.2, 0) is 17.8 Å². The van der Waals surface area contributed by atoms with Crippen molar-refractivity contribution >= 4 is 5.91 Å². The third-order valence-corrected chi connectivity index (χ3v) is 5.77. The number of nitrogens with zero attached hydrogens (tertiary/aromatic N) is 2. The predicted octanol–water partition coefficient (Wildman–Crippen LogP) is 4.95. The van der Waals surface area contributed by atoms with E-state index in [4.69, 9.17) is 19.3 Å². The lowest BCUT2D eigenvalue weighted by Crippen LogP contribution is -2.23. The van der Waals surface area contributed by atoms with E-state index < -0.39 is 0 Å². The van der Waals surface area contributed by atoms with Crippen LogP contribution in [-0.4, -0.2) is 37.0 Å². The van der Waals surface area contributed by atoms with E-state index >= 15 is 0 Å². The Morgan fingerprint density at radius 3 is 2.22 bits per heavy atom. The Morgan fingerprint density at radius 2 is 1.61 bits per heavy atom. The highest BCUT2D eigenvalue weighted by molar-refractivity contribution is 5.76. The highest BCUT2D eigenvalue weighted by Crippen LogP contribution is 2.38. The van der Waals surface area contributed by atoms with Crippen LogP contribution in [0.4, 0.5) is 4.39 Å². The van der Waals surface area contributed by atoms with Crippen LogP contribution in [0.5, 0.6) is 17.2 Å². The molecule has 0 bridgehead atoms. The van der Waals surface area contributed by atoms with Crippen LogP contribution in [0.2, 0.25) is 0 Å². The summed E-state index contributed by atoms with van der Waals surface area (Å²) < 4.78 is 31.4. The van der Waals surface area contributed by atoms with Crippen molar-refractivity contribution in [1.29, 1.82) is 0 Å². The minimum atomic E-state index is -0.317. The van der Waals surface area contributed by atoms with Crippen molar-refractivity contribution in [2.45, 2.75) is 19.4 Å². The maximum Gasteiger partial charge on any atom is 0.220 e. The zero-order valence-electron chi connectivity index (χ0n) is 20.5. The molecule has 1 heterocycles. The van der Waals surface area contributed by atoms with Gasteiger partial charge in [-0.15, -0.1) is 0 Å². The number of hydrogen-bond donors (Lipinski definition) is 1. The molecule has 7 nitrogen and oxygen atoms in total. The molecule has 0 saturated carbocycles. The molecule has 0 spiro atoms. The Labute approximate surface area is 209 Å². The van der Waals surface area contributed by atoms with Gasteiger partial charge in [-0.25, -0.2) is 9.07 Å². The molecule has 0 fully saturated rings. The molecular weight excluding hydrogens is 461 g/mol. The van der Waals surface area contributed by atoms with Crippen LogP contribution in [0.25, 0.3) is 16.9 Å². The summed E-state index contributed by atoms with van der Waals surface area (Å²) in [6.07, 6.45) is 2.65. The molecule has 1 amide bonds. The molecule has 3 aromatic carbocycles. The molecule has 0 aliphatic heterocycles. The van der Waals surface area contributed by atoms with Crippen molar-refractivity contribution in [2.75, 3.05) is 21.3 Å². The molecule has 0 aliphatic rings. The second-order valence-corrected chi connectivity index (χ2v) is 8.10. The van der Waals surface area contributed by atoms with Crippen LogP contribution in [0, 0.1) is 5.82 Å². The number of carbonyl (C=O) groups excluding carboxylic acids is 1. The summed E-state index contributed by atoms with van der Waals surface area (Å²) in [5.41, 5.74) is 4.06. The van der Waals surface area contributed by atoms with Gasteiger partial charge in [-0.1, -0.05) is 18.2 Å². The Kier molecular flexibility index (Phi) is 7.85. The first-order chi connectivity index (χ1) is 17.5. The van der Waals surface area contributed by atoms with E-state index in [9.17, 15) is 9.18 Å². The maximum atomic E-state index is 13.5. The first kappa shape index (κ1) is 24.8. The molecule has 0 radical (unpaired) electrons. The van der Waals surface area contributed by atoms with E-state index in [0.29, 0.717) is 29.4 Å². The summed E-state index contributed by atoms with van der Waals surface area (Å²) in [6.45, 7) is 0.285. The largest absolute Gasteiger partial charge is 0.493 e. The number of aromatic nitrogens is 2. The number of para-hydroxylation sites is 1. The van der Waals surface area contributed by atoms with Gasteiger partial charge in [0.1, 0.15) is 5.82 Å². The number of hydrogen-bond acceptors (Lipinski definition) is 5. The summed E-state index contributed by atoms with van der Waals surface area (Å²) >= 11 is 0. The highest BCUT2D eigenvalue weighted by Gasteiger charge is 2.16. The molecule has 4 rings (SSSR count). The number of methoxy groups -OCH3 is 3. The molecule has 1 N–H and O–H groups in total. The third kappa shape index (κ3) is 5.66. The first-order valence-corrected chi connectivity index (χ1v) is 11.5. The fraction of sp³-hybridized carbons (Fsp3) is 0.214. The van der Waals surface area contributed by atoms with Gasteiger partial charge in [-0.2, -0.15) is 5.10 Å². The number of amides is 1. The minimum absolute atomic E-state index is 0.110. The van der Waals surface area contributed by atoms with Crippen LogP contribution >= 0.6 is 0 Å². The van der Waals surface area contributed by atoms with Gasteiger partial charge in [-0.3, -0.25) is 4.79 Å². The maximum absolute atomic E-state index is 13.5. The molecule has 0 saturated heterocycles. The zero-order valence-corrected chi connectivity index (χ0v) is 20.5. The number of carbonyl (C=O) groups is 1. The Morgan fingerprint density at radius 1 is 0.944 bits per heavy atom. The van der Waals surface area contributed by atoms with Crippen molar-refractivity contribution in [3.8, 4) is 34.2 Å². The molecule has 0 unspecified atom stereocenters. The number of halogens is 1. The summed E-state index contributed by atoms with van der Waals surface area (Å²) in [5, 5.41) is 7.69. The van der Waals surface area contributed by atoms with Gasteiger partial charge >= 0.3 is 0 Å². The number of ether oxygens (including phenoxy) is 3. The minimum Gasteiger partial charge on any atom is -0.493 e. The van der Waals surface area contributed by atoms with Gasteiger partial charge in [0.2, 0.25) is 11.7 Å². The van der Waals surface area contributed by atoms with Gasteiger partial charge in [0, 0.05) is 30.3 Å². The topological polar surface area (TPSA) is 74.6 Å². The number of aryl methyl sites for hydroxylation is 1. The SMILES string of the molecule is COc1cc(CCC(=O)NCc2cn(-c3ccccc3)nc2-c2ccc(F)cc2)cc(OC)c1OC. The smallest absolute Gasteiger partial charge is 0.220 e. The first-order valence-electron chi connectivity index (χ1n) is 11.5. The molecule has 1 aromatic heterocycles. The lowest BCUT2D eigenvalue weighted by Gasteiger charge is -2.14. The Balaban J connectivity index is 1.48. The normalized spacial score (nSPS) is 10.7. The number of nitrogens with one attached hydrogen (secondary N) is 1. The average Bonchev–Trinajstić information content (AvgIpc) is 3.35. The van der Waals surface area contributed by atoms with Crippen LogP contribution in [0.1, 0.15) is 17.5 Å². The molecule has 36 heavy (non-hydrogen) atoms. The Hall–Kier alpha value is -4.33. The van der Waals surface area contributed by atoms with Crippen molar-refractivity contribution in [2.24, 2.45) is 0 Å². The number of benzene rings is 3. The molecule has 0 atom stereocenters. The van der Waals surface area contributed by atoms with E-state index in [1.165, 1.54) is 12.1 Å². The quantitative estimate of drug-likeness (QED) is 0.341. The van der Waals surface area contributed by atoms with Crippen molar-refractivity contribution in [3.63, 3.8) is 0 Å². The second-order valence-electron chi connectivity index (χ2n) is 8.10. The lowest BCUT2D eigenvalue weighted by atomic mass is 10.1. The lowest BCUT2D eigenvalue weighted by molar-refractivity contribution is -0.121. The van der Waals surface area contributed by atoms with E-state index in [0.717, 1.165) is 22.4 Å². The number of rotatable bonds is 10.